The summed E-state index contributed by atoms with van der Waals surface area (Å²) in [5.74, 6) is -2.26. The van der Waals surface area contributed by atoms with E-state index >= 15 is 0 Å². The number of hydrogen-bond donors (Lipinski definition) is 1. The second kappa shape index (κ2) is 9.88. The van der Waals surface area contributed by atoms with Crippen molar-refractivity contribution in [2.75, 3.05) is 19.0 Å². The van der Waals surface area contributed by atoms with Gasteiger partial charge in [-0.1, -0.05) is 36.4 Å². The number of nitrogens with zero attached hydrogens (tertiary/aromatic N) is 1. The van der Waals surface area contributed by atoms with Crippen molar-refractivity contribution in [3.05, 3.63) is 89.5 Å². The zero-order valence-corrected chi connectivity index (χ0v) is 18.3. The minimum Gasteiger partial charge on any atom is -0.495 e. The first kappa shape index (κ1) is 23.4. The number of nitrogens with one attached hydrogen (secondary N) is 1. The molecule has 0 bridgehead atoms. The van der Waals surface area contributed by atoms with Crippen LogP contribution in [0.15, 0.2) is 71.6 Å². The van der Waals surface area contributed by atoms with Gasteiger partial charge in [-0.25, -0.2) is 17.2 Å². The van der Waals surface area contributed by atoms with Crippen LogP contribution in [0.2, 0.25) is 0 Å². The van der Waals surface area contributed by atoms with E-state index in [2.05, 4.69) is 5.32 Å². The van der Waals surface area contributed by atoms with Crippen LogP contribution >= 0.6 is 0 Å². The lowest BCUT2D eigenvalue weighted by molar-refractivity contribution is -0.116. The molecule has 0 radical (unpaired) electrons. The molecule has 6 nitrogen and oxygen atoms in total. The third-order valence-electron chi connectivity index (χ3n) is 4.66. The monoisotopic (exact) mass is 460 g/mol. The molecule has 3 rings (SSSR count). The number of rotatable bonds is 8. The van der Waals surface area contributed by atoms with Gasteiger partial charge in [0.25, 0.3) is 0 Å². The second-order valence-corrected chi connectivity index (χ2v) is 8.99. The minimum atomic E-state index is -4.19. The first-order chi connectivity index (χ1) is 15.2. The van der Waals surface area contributed by atoms with E-state index in [4.69, 9.17) is 4.74 Å². The smallest absolute Gasteiger partial charge is 0.247 e. The number of carbonyl (C=O) groups is 1. The number of aryl methyl sites for hydroxylation is 1. The van der Waals surface area contributed by atoms with E-state index in [-0.39, 0.29) is 22.9 Å². The van der Waals surface area contributed by atoms with Gasteiger partial charge in [-0.3, -0.25) is 4.79 Å². The summed E-state index contributed by atoms with van der Waals surface area (Å²) < 4.78 is 60.6. The number of halogens is 2. The van der Waals surface area contributed by atoms with Gasteiger partial charge in [0, 0.05) is 12.6 Å². The molecule has 9 heteroatoms. The topological polar surface area (TPSA) is 75.7 Å². The molecule has 0 unspecified atom stereocenters. The minimum absolute atomic E-state index is 0.0966. The molecule has 0 heterocycles. The Hall–Kier alpha value is -3.30. The number of amides is 1. The highest BCUT2D eigenvalue weighted by atomic mass is 32.2. The van der Waals surface area contributed by atoms with Crippen LogP contribution in [0.3, 0.4) is 0 Å². The second-order valence-electron chi connectivity index (χ2n) is 7.09. The van der Waals surface area contributed by atoms with Gasteiger partial charge >= 0.3 is 0 Å². The van der Waals surface area contributed by atoms with Crippen molar-refractivity contribution in [1.29, 1.82) is 0 Å². The maximum atomic E-state index is 13.9. The van der Waals surface area contributed by atoms with Gasteiger partial charge in [-0.2, -0.15) is 4.31 Å². The fourth-order valence-corrected chi connectivity index (χ4v) is 4.71. The summed E-state index contributed by atoms with van der Waals surface area (Å²) in [7, 11) is -2.84. The van der Waals surface area contributed by atoms with Crippen LogP contribution in [0.1, 0.15) is 11.1 Å². The molecule has 0 saturated carbocycles. The van der Waals surface area contributed by atoms with E-state index in [9.17, 15) is 22.0 Å². The summed E-state index contributed by atoms with van der Waals surface area (Å²) in [6.45, 7) is 1.00. The molecule has 0 aliphatic carbocycles. The van der Waals surface area contributed by atoms with E-state index < -0.39 is 34.1 Å². The molecule has 0 spiro atoms. The van der Waals surface area contributed by atoms with Crippen LogP contribution < -0.4 is 10.1 Å². The summed E-state index contributed by atoms with van der Waals surface area (Å²) in [6.07, 6.45) is 0. The molecule has 0 saturated heterocycles. The number of anilines is 1. The number of methoxy groups -OCH3 is 1. The van der Waals surface area contributed by atoms with E-state index in [1.54, 1.807) is 43.3 Å². The molecule has 32 heavy (non-hydrogen) atoms. The quantitative estimate of drug-likeness (QED) is 0.549. The summed E-state index contributed by atoms with van der Waals surface area (Å²) in [5.41, 5.74) is 0.961. The zero-order valence-electron chi connectivity index (χ0n) is 17.5. The molecule has 0 atom stereocenters. The highest BCUT2D eigenvalue weighted by molar-refractivity contribution is 7.89. The molecule has 1 N–H and O–H groups in total. The SMILES string of the molecule is COc1ccc(C)cc1S(=O)(=O)N(CC(=O)Nc1cc(F)ccc1F)Cc1ccccc1. The number of hydrogen-bond acceptors (Lipinski definition) is 4. The number of ether oxygens (including phenoxy) is 1. The lowest BCUT2D eigenvalue weighted by Gasteiger charge is -2.23. The van der Waals surface area contributed by atoms with Gasteiger partial charge in [0.2, 0.25) is 15.9 Å². The van der Waals surface area contributed by atoms with E-state index in [1.165, 1.54) is 19.2 Å². The first-order valence-electron chi connectivity index (χ1n) is 9.64. The van der Waals surface area contributed by atoms with Crippen molar-refractivity contribution in [3.8, 4) is 5.75 Å². The summed E-state index contributed by atoms with van der Waals surface area (Å²) in [5, 5.41) is 2.24. The molecule has 0 aliphatic heterocycles. The van der Waals surface area contributed by atoms with Gasteiger partial charge in [0.1, 0.15) is 22.3 Å². The van der Waals surface area contributed by atoms with Crippen molar-refractivity contribution in [2.45, 2.75) is 18.4 Å². The number of benzene rings is 3. The lowest BCUT2D eigenvalue weighted by atomic mass is 10.2. The van der Waals surface area contributed by atoms with Crippen LogP contribution in [0.25, 0.3) is 0 Å². The van der Waals surface area contributed by atoms with Gasteiger partial charge < -0.3 is 10.1 Å². The highest BCUT2D eigenvalue weighted by Gasteiger charge is 2.30. The first-order valence-corrected chi connectivity index (χ1v) is 11.1. The summed E-state index contributed by atoms with van der Waals surface area (Å²) in [6, 6.07) is 16.0. The fraction of sp³-hybridized carbons (Fsp3) is 0.174. The maximum absolute atomic E-state index is 13.9. The standard InChI is InChI=1S/C23H22F2N2O4S/c1-16-8-11-21(31-2)22(12-16)32(29,30)27(14-17-6-4-3-5-7-17)15-23(28)26-20-13-18(24)9-10-19(20)25/h3-13H,14-15H2,1-2H3,(H,26,28). The molecule has 1 amide bonds. The molecule has 3 aromatic carbocycles. The third kappa shape index (κ3) is 5.49. The van der Waals surface area contributed by atoms with Gasteiger partial charge in [-0.15, -0.1) is 0 Å². The maximum Gasteiger partial charge on any atom is 0.247 e. The molecular weight excluding hydrogens is 438 g/mol. The Bertz CT molecular complexity index is 1220. The Balaban J connectivity index is 1.96. The Kier molecular flexibility index (Phi) is 7.22. The van der Waals surface area contributed by atoms with Crippen molar-refractivity contribution >= 4 is 21.6 Å². The average molecular weight is 461 g/mol. The van der Waals surface area contributed by atoms with Crippen LogP contribution in [-0.2, 0) is 21.4 Å². The van der Waals surface area contributed by atoms with Crippen molar-refractivity contribution < 1.29 is 26.7 Å². The fourth-order valence-electron chi connectivity index (χ4n) is 3.08. The average Bonchev–Trinajstić information content (AvgIpc) is 2.76. The zero-order chi connectivity index (χ0) is 23.3. The van der Waals surface area contributed by atoms with Gasteiger partial charge in [0.05, 0.1) is 19.3 Å². The van der Waals surface area contributed by atoms with Crippen LogP contribution in [0.5, 0.6) is 5.75 Å². The molecular formula is C23H22F2N2O4S. The Morgan fingerprint density at radius 2 is 1.75 bits per heavy atom. The van der Waals surface area contributed by atoms with Gasteiger partial charge in [0.15, 0.2) is 0 Å². The molecule has 0 fully saturated rings. The van der Waals surface area contributed by atoms with Gasteiger partial charge in [-0.05, 0) is 42.3 Å². The molecule has 3 aromatic rings. The van der Waals surface area contributed by atoms with Crippen LogP contribution in [0.4, 0.5) is 14.5 Å². The number of carbonyl (C=O) groups excluding carboxylic acids is 1. The summed E-state index contributed by atoms with van der Waals surface area (Å²) >= 11 is 0. The van der Waals surface area contributed by atoms with Crippen molar-refractivity contribution in [3.63, 3.8) is 0 Å². The molecule has 168 valence electrons. The highest BCUT2D eigenvalue weighted by Crippen LogP contribution is 2.29. The van der Waals surface area contributed by atoms with Crippen molar-refractivity contribution in [2.24, 2.45) is 0 Å². The third-order valence-corrected chi connectivity index (χ3v) is 6.47. The van der Waals surface area contributed by atoms with Crippen LogP contribution in [0, 0.1) is 18.6 Å². The molecule has 0 aliphatic rings. The predicted molar refractivity (Wildman–Crippen MR) is 117 cm³/mol. The van der Waals surface area contributed by atoms with E-state index in [0.717, 1.165) is 22.5 Å². The Morgan fingerprint density at radius 1 is 1.03 bits per heavy atom. The van der Waals surface area contributed by atoms with Crippen LogP contribution in [-0.4, -0.2) is 32.3 Å². The lowest BCUT2D eigenvalue weighted by Crippen LogP contribution is -2.38. The number of sulfonamides is 1. The Morgan fingerprint density at radius 3 is 2.44 bits per heavy atom. The largest absolute Gasteiger partial charge is 0.495 e. The predicted octanol–water partition coefficient (Wildman–Crippen LogP) is 4.11. The van der Waals surface area contributed by atoms with E-state index in [1.807, 2.05) is 0 Å². The van der Waals surface area contributed by atoms with Crippen molar-refractivity contribution in [1.82, 2.24) is 4.31 Å². The normalized spacial score (nSPS) is 11.4. The molecule has 0 aromatic heterocycles. The Labute approximate surface area is 185 Å². The summed E-state index contributed by atoms with van der Waals surface area (Å²) in [4.78, 5) is 12.5. The van der Waals surface area contributed by atoms with E-state index in [0.29, 0.717) is 11.1 Å².